The highest BCUT2D eigenvalue weighted by atomic mass is 19.1. The zero-order valence-corrected chi connectivity index (χ0v) is 12.7. The van der Waals surface area contributed by atoms with Gasteiger partial charge in [-0.25, -0.2) is 4.39 Å². The van der Waals surface area contributed by atoms with Crippen molar-refractivity contribution >= 4 is 0 Å². The number of nitrogens with one attached hydrogen (secondary N) is 1. The summed E-state index contributed by atoms with van der Waals surface area (Å²) in [5.74, 6) is 0.543. The van der Waals surface area contributed by atoms with E-state index >= 15 is 0 Å². The fourth-order valence-corrected chi connectivity index (χ4v) is 3.16. The largest absolute Gasteiger partial charge is 0.309 e. The monoisotopic (exact) mass is 283 g/mol. The van der Waals surface area contributed by atoms with E-state index in [-0.39, 0.29) is 11.9 Å². The summed E-state index contributed by atoms with van der Waals surface area (Å²) in [7, 11) is 1.94. The minimum absolute atomic E-state index is 0.0527. The molecule has 0 spiro atoms. The molecule has 110 valence electrons. The highest BCUT2D eigenvalue weighted by Gasteiger charge is 2.25. The molecule has 1 aliphatic carbocycles. The van der Waals surface area contributed by atoms with Gasteiger partial charge in [0.15, 0.2) is 0 Å². The lowest BCUT2D eigenvalue weighted by atomic mass is 9.76. The van der Waals surface area contributed by atoms with Gasteiger partial charge in [0.2, 0.25) is 0 Å². The number of hydrogen-bond acceptors (Lipinski definition) is 1. The summed E-state index contributed by atoms with van der Waals surface area (Å²) >= 11 is 0. The Labute approximate surface area is 126 Å². The molecule has 2 aromatic rings. The van der Waals surface area contributed by atoms with Gasteiger partial charge in [0.05, 0.1) is 6.04 Å². The third kappa shape index (κ3) is 2.73. The molecule has 2 aromatic carbocycles. The van der Waals surface area contributed by atoms with Crippen LogP contribution in [-0.2, 0) is 0 Å². The molecule has 0 saturated heterocycles. The second kappa shape index (κ2) is 5.98. The molecule has 2 heteroatoms. The van der Waals surface area contributed by atoms with Gasteiger partial charge in [0, 0.05) is 0 Å². The molecule has 3 rings (SSSR count). The predicted octanol–water partition coefficient (Wildman–Crippen LogP) is 4.71. The molecule has 1 unspecified atom stereocenters. The molecular formula is C19H22FN. The van der Waals surface area contributed by atoms with E-state index in [4.69, 9.17) is 0 Å². The van der Waals surface area contributed by atoms with Crippen LogP contribution < -0.4 is 5.32 Å². The van der Waals surface area contributed by atoms with Crippen LogP contribution in [0.5, 0.6) is 0 Å². The van der Waals surface area contributed by atoms with Crippen molar-refractivity contribution in [2.75, 3.05) is 7.05 Å². The molecule has 1 atom stereocenters. The van der Waals surface area contributed by atoms with Gasteiger partial charge in [0.1, 0.15) is 5.82 Å². The third-order valence-corrected chi connectivity index (χ3v) is 4.67. The van der Waals surface area contributed by atoms with Crippen molar-refractivity contribution in [1.29, 1.82) is 0 Å². The quantitative estimate of drug-likeness (QED) is 0.857. The van der Waals surface area contributed by atoms with E-state index in [0.29, 0.717) is 11.5 Å². The smallest absolute Gasteiger partial charge is 0.126 e. The summed E-state index contributed by atoms with van der Waals surface area (Å²) < 4.78 is 13.9. The summed E-state index contributed by atoms with van der Waals surface area (Å²) in [6.07, 6.45) is 3.87. The summed E-state index contributed by atoms with van der Waals surface area (Å²) in [4.78, 5) is 0. The van der Waals surface area contributed by atoms with Crippen molar-refractivity contribution in [2.45, 2.75) is 38.1 Å². The van der Waals surface area contributed by atoms with E-state index in [9.17, 15) is 4.39 Å². The lowest BCUT2D eigenvalue weighted by molar-refractivity contribution is 0.415. The Bertz CT molecular complexity index is 631. The van der Waals surface area contributed by atoms with E-state index in [1.807, 2.05) is 19.2 Å². The van der Waals surface area contributed by atoms with Crippen LogP contribution in [0.3, 0.4) is 0 Å². The summed E-state index contributed by atoms with van der Waals surface area (Å²) in [5, 5.41) is 3.36. The van der Waals surface area contributed by atoms with Gasteiger partial charge < -0.3 is 5.32 Å². The molecule has 1 N–H and O–H groups in total. The highest BCUT2D eigenvalue weighted by Crippen LogP contribution is 2.40. The van der Waals surface area contributed by atoms with Gasteiger partial charge >= 0.3 is 0 Å². The molecule has 0 amide bonds. The second-order valence-electron chi connectivity index (χ2n) is 5.99. The van der Waals surface area contributed by atoms with Crippen LogP contribution in [0, 0.1) is 12.7 Å². The number of rotatable bonds is 4. The summed E-state index contributed by atoms with van der Waals surface area (Å²) in [5.41, 5.74) is 4.39. The molecule has 0 aliphatic heterocycles. The Morgan fingerprint density at radius 3 is 2.52 bits per heavy atom. The topological polar surface area (TPSA) is 12.0 Å². The van der Waals surface area contributed by atoms with Crippen molar-refractivity contribution in [1.82, 2.24) is 5.32 Å². The lowest BCUT2D eigenvalue weighted by Crippen LogP contribution is -2.21. The Kier molecular flexibility index (Phi) is 4.07. The number of halogens is 1. The number of aryl methyl sites for hydroxylation is 1. The van der Waals surface area contributed by atoms with Crippen LogP contribution in [0.4, 0.5) is 4.39 Å². The number of benzene rings is 2. The van der Waals surface area contributed by atoms with Crippen LogP contribution in [-0.4, -0.2) is 7.05 Å². The highest BCUT2D eigenvalue weighted by molar-refractivity contribution is 5.40. The average Bonchev–Trinajstić information content (AvgIpc) is 2.43. The first kappa shape index (κ1) is 14.3. The first-order valence-corrected chi connectivity index (χ1v) is 7.73. The molecule has 1 nitrogen and oxygen atoms in total. The Balaban J connectivity index is 2.01. The molecule has 21 heavy (non-hydrogen) atoms. The minimum atomic E-state index is -0.131. The van der Waals surface area contributed by atoms with Gasteiger partial charge in [-0.15, -0.1) is 0 Å². The van der Waals surface area contributed by atoms with Gasteiger partial charge in [-0.1, -0.05) is 42.8 Å². The molecule has 1 aliphatic rings. The standard InChI is InChI=1S/C19H22FN/c1-13-10-11-15(12-18(13)20)19(21-2)17-9-4-3-8-16(17)14-6-5-7-14/h3-4,8-12,14,19,21H,5-7H2,1-2H3. The Morgan fingerprint density at radius 2 is 1.90 bits per heavy atom. The molecular weight excluding hydrogens is 261 g/mol. The van der Waals surface area contributed by atoms with Crippen molar-refractivity contribution in [3.05, 3.63) is 70.5 Å². The summed E-state index contributed by atoms with van der Waals surface area (Å²) in [6, 6.07) is 14.2. The molecule has 0 aromatic heterocycles. The fraction of sp³-hybridized carbons (Fsp3) is 0.368. The van der Waals surface area contributed by atoms with E-state index in [1.54, 1.807) is 13.0 Å². The van der Waals surface area contributed by atoms with Gasteiger partial charge in [-0.2, -0.15) is 0 Å². The zero-order chi connectivity index (χ0) is 14.8. The molecule has 1 fully saturated rings. The minimum Gasteiger partial charge on any atom is -0.309 e. The second-order valence-corrected chi connectivity index (χ2v) is 5.99. The molecule has 1 saturated carbocycles. The van der Waals surface area contributed by atoms with Crippen molar-refractivity contribution in [3.8, 4) is 0 Å². The number of hydrogen-bond donors (Lipinski definition) is 1. The first-order valence-electron chi connectivity index (χ1n) is 7.73. The van der Waals surface area contributed by atoms with Gasteiger partial charge in [-0.3, -0.25) is 0 Å². The Morgan fingerprint density at radius 1 is 1.14 bits per heavy atom. The van der Waals surface area contributed by atoms with Crippen LogP contribution in [0.2, 0.25) is 0 Å². The maximum absolute atomic E-state index is 13.9. The van der Waals surface area contributed by atoms with E-state index in [2.05, 4.69) is 29.6 Å². The van der Waals surface area contributed by atoms with E-state index in [1.165, 1.54) is 30.4 Å². The van der Waals surface area contributed by atoms with Crippen LogP contribution in [0.25, 0.3) is 0 Å². The van der Waals surface area contributed by atoms with E-state index < -0.39 is 0 Å². The van der Waals surface area contributed by atoms with Crippen molar-refractivity contribution in [2.24, 2.45) is 0 Å². The van der Waals surface area contributed by atoms with Crippen molar-refractivity contribution < 1.29 is 4.39 Å². The third-order valence-electron chi connectivity index (χ3n) is 4.67. The first-order chi connectivity index (χ1) is 10.2. The van der Waals surface area contributed by atoms with Crippen LogP contribution in [0.1, 0.15) is 53.5 Å². The maximum atomic E-state index is 13.9. The predicted molar refractivity (Wildman–Crippen MR) is 85.1 cm³/mol. The SMILES string of the molecule is CNC(c1ccc(C)c(F)c1)c1ccccc1C1CCC1. The normalized spacial score (nSPS) is 16.5. The molecule has 0 bridgehead atoms. The Hall–Kier alpha value is -1.67. The fourth-order valence-electron chi connectivity index (χ4n) is 3.16. The van der Waals surface area contributed by atoms with Crippen LogP contribution >= 0.6 is 0 Å². The average molecular weight is 283 g/mol. The molecule has 0 radical (unpaired) electrons. The van der Waals surface area contributed by atoms with Gasteiger partial charge in [-0.05, 0) is 61.1 Å². The van der Waals surface area contributed by atoms with Gasteiger partial charge in [0.25, 0.3) is 0 Å². The maximum Gasteiger partial charge on any atom is 0.126 e. The zero-order valence-electron chi connectivity index (χ0n) is 12.7. The van der Waals surface area contributed by atoms with Crippen LogP contribution in [0.15, 0.2) is 42.5 Å². The van der Waals surface area contributed by atoms with Crippen molar-refractivity contribution in [3.63, 3.8) is 0 Å². The molecule has 0 heterocycles. The summed E-state index contributed by atoms with van der Waals surface area (Å²) in [6.45, 7) is 1.80. The lowest BCUT2D eigenvalue weighted by Gasteiger charge is -2.30. The van der Waals surface area contributed by atoms with E-state index in [0.717, 1.165) is 5.56 Å².